The van der Waals surface area contributed by atoms with Gasteiger partial charge in [-0.1, -0.05) is 0 Å². The number of ether oxygens (including phenoxy) is 2. The Balaban J connectivity index is 1.23. The van der Waals surface area contributed by atoms with Gasteiger partial charge in [0.05, 0.1) is 37.2 Å². The van der Waals surface area contributed by atoms with Crippen molar-refractivity contribution >= 4 is 64.4 Å². The molecule has 0 aliphatic carbocycles. The zero-order chi connectivity index (χ0) is 31.6. The summed E-state index contributed by atoms with van der Waals surface area (Å²) in [6, 6.07) is 0. The lowest BCUT2D eigenvalue weighted by Crippen LogP contribution is -2.44. The third-order valence-corrected chi connectivity index (χ3v) is 10.6. The second kappa shape index (κ2) is 11.5. The lowest BCUT2D eigenvalue weighted by Gasteiger charge is -2.31. The van der Waals surface area contributed by atoms with Crippen LogP contribution in [0.5, 0.6) is 0 Å². The second-order valence-corrected chi connectivity index (χ2v) is 14.5. The summed E-state index contributed by atoms with van der Waals surface area (Å²) in [5, 5.41) is 30.5. The number of nitrogens with two attached hydrogens (primary N) is 2. The molecule has 22 heteroatoms. The molecule has 4 aromatic heterocycles. The van der Waals surface area contributed by atoms with Gasteiger partial charge in [0.1, 0.15) is 41.1 Å². The fraction of sp³-hybridized carbons (Fsp3) is 0.545. The molecule has 2 fully saturated rings. The van der Waals surface area contributed by atoms with Gasteiger partial charge in [0.2, 0.25) is 5.95 Å². The summed E-state index contributed by atoms with van der Waals surface area (Å²) in [6.45, 7) is -3.51. The Morgan fingerprint density at radius 3 is 2.61 bits per heavy atom. The van der Waals surface area contributed by atoms with Crippen molar-refractivity contribution in [2.75, 3.05) is 31.8 Å². The third kappa shape index (κ3) is 5.26. The van der Waals surface area contributed by atoms with E-state index in [1.54, 1.807) is 0 Å². The first-order valence-corrected chi connectivity index (χ1v) is 16.5. The first-order valence-electron chi connectivity index (χ1n) is 13.0. The fourth-order valence-electron chi connectivity index (χ4n) is 5.28. The number of H-pyrrole nitrogens is 1. The van der Waals surface area contributed by atoms with Gasteiger partial charge in [-0.05, 0) is 18.7 Å². The van der Waals surface area contributed by atoms with Crippen molar-refractivity contribution in [1.82, 2.24) is 39.0 Å². The molecule has 0 bridgehead atoms. The molecular weight excluding hydrogens is 643 g/mol. The van der Waals surface area contributed by atoms with Crippen molar-refractivity contribution in [2.45, 2.75) is 53.8 Å². The van der Waals surface area contributed by atoms with Crippen molar-refractivity contribution in [3.05, 3.63) is 29.3 Å². The predicted molar refractivity (Wildman–Crippen MR) is 158 cm³/mol. The molecule has 2 unspecified atom stereocenters. The highest BCUT2D eigenvalue weighted by Crippen LogP contribution is 2.54. The highest BCUT2D eigenvalue weighted by Gasteiger charge is 2.55. The fourth-order valence-corrected chi connectivity index (χ4v) is 8.27. The molecule has 4 aromatic rings. The molecule has 19 nitrogen and oxygen atoms in total. The van der Waals surface area contributed by atoms with E-state index in [9.17, 15) is 25.0 Å². The first-order chi connectivity index (χ1) is 20.9. The van der Waals surface area contributed by atoms with E-state index < -0.39 is 72.4 Å². The molecule has 6 heterocycles. The van der Waals surface area contributed by atoms with Crippen LogP contribution in [0.15, 0.2) is 23.8 Å². The smallest absolute Gasteiger partial charge is 0.325 e. The molecule has 238 valence electrons. The third-order valence-electron chi connectivity index (χ3n) is 7.53. The number of fused-ring (bicyclic) bond motifs is 2. The van der Waals surface area contributed by atoms with Gasteiger partial charge >= 0.3 is 6.72 Å². The summed E-state index contributed by atoms with van der Waals surface area (Å²) < 4.78 is 26.2. The molecule has 9 atom stereocenters. The molecule has 2 saturated heterocycles. The number of anilines is 2. The van der Waals surface area contributed by atoms with Crippen LogP contribution in [-0.4, -0.2) is 115 Å². The van der Waals surface area contributed by atoms with Gasteiger partial charge in [-0.25, -0.2) is 19.9 Å². The summed E-state index contributed by atoms with van der Waals surface area (Å²) >= 11 is 6.40. The van der Waals surface area contributed by atoms with Crippen LogP contribution in [0.3, 0.4) is 0 Å². The van der Waals surface area contributed by atoms with Crippen molar-refractivity contribution in [1.29, 1.82) is 0 Å². The summed E-state index contributed by atoms with van der Waals surface area (Å²) in [7, 11) is 1.39. The Hall–Kier alpha value is -2.82. The molecule has 0 amide bonds. The van der Waals surface area contributed by atoms with E-state index >= 15 is 0 Å². The lowest BCUT2D eigenvalue weighted by molar-refractivity contribution is -0.114. The van der Waals surface area contributed by atoms with Crippen LogP contribution in [0.4, 0.5) is 11.8 Å². The number of nitrogens with one attached hydrogen (secondary N) is 1. The number of aliphatic hydroxyl groups is 3. The maximum Gasteiger partial charge on any atom is 0.325 e. The predicted octanol–water partition coefficient (Wildman–Crippen LogP) is -1.63. The first kappa shape index (κ1) is 31.2. The van der Waals surface area contributed by atoms with Crippen LogP contribution in [0.1, 0.15) is 18.5 Å². The average molecular weight is 673 g/mol. The number of thioether (sulfide) groups is 1. The maximum absolute atomic E-state index is 12.3. The highest BCUT2D eigenvalue weighted by atomic mass is 32.5. The molecule has 0 saturated carbocycles. The number of imidazole rings is 2. The van der Waals surface area contributed by atoms with Gasteiger partial charge in [-0.3, -0.25) is 23.4 Å². The largest absolute Gasteiger partial charge is 0.395 e. The zero-order valence-corrected chi connectivity index (χ0v) is 25.6. The minimum atomic E-state index is -4.17. The number of rotatable bonds is 9. The second-order valence-electron chi connectivity index (χ2n) is 10.4. The Bertz CT molecular complexity index is 1810. The molecule has 6 rings (SSSR count). The van der Waals surface area contributed by atoms with Gasteiger partial charge in [0.25, 0.3) is 5.56 Å². The molecule has 9 N–H and O–H groups in total. The van der Waals surface area contributed by atoms with Crippen LogP contribution in [0, 0.1) is 0 Å². The monoisotopic (exact) mass is 672 g/mol. The van der Waals surface area contributed by atoms with Gasteiger partial charge in [-0.15, -0.1) is 11.8 Å². The Morgan fingerprint density at radius 1 is 1.16 bits per heavy atom. The van der Waals surface area contributed by atoms with E-state index in [4.69, 9.17) is 41.8 Å². The lowest BCUT2D eigenvalue weighted by atomic mass is 9.98. The number of nitrogen functional groups attached to an aromatic ring is 2. The highest BCUT2D eigenvalue weighted by molar-refractivity contribution is 8.07. The molecule has 44 heavy (non-hydrogen) atoms. The number of aliphatic hydroxyl groups excluding tert-OH is 3. The van der Waals surface area contributed by atoms with Crippen LogP contribution in [-0.2, 0) is 30.3 Å². The van der Waals surface area contributed by atoms with Crippen molar-refractivity contribution < 1.29 is 38.7 Å². The van der Waals surface area contributed by atoms with Crippen LogP contribution in [0.25, 0.3) is 22.3 Å². The molecule has 0 radical (unpaired) electrons. The van der Waals surface area contributed by atoms with E-state index in [0.29, 0.717) is 11.2 Å². The van der Waals surface area contributed by atoms with E-state index in [1.165, 1.54) is 42.1 Å². The van der Waals surface area contributed by atoms with Crippen LogP contribution < -0.4 is 17.0 Å². The van der Waals surface area contributed by atoms with E-state index in [1.807, 2.05) is 0 Å². The van der Waals surface area contributed by atoms with Crippen LogP contribution >= 0.6 is 18.5 Å². The number of hydrogen-bond acceptors (Lipinski definition) is 17. The number of nitrogens with zero attached hydrogens (tertiary/aromatic N) is 7. The van der Waals surface area contributed by atoms with Gasteiger partial charge in [0, 0.05) is 7.11 Å². The van der Waals surface area contributed by atoms with E-state index in [2.05, 4.69) is 29.9 Å². The van der Waals surface area contributed by atoms with Crippen molar-refractivity contribution in [3.63, 3.8) is 0 Å². The molecule has 2 aliphatic rings. The average Bonchev–Trinajstić information content (AvgIpc) is 3.72. The summed E-state index contributed by atoms with van der Waals surface area (Å²) in [5.74, 6) is 0.00411. The number of aromatic amines is 1. The Kier molecular flexibility index (Phi) is 8.16. The number of methoxy groups -OCH3 is 1. The van der Waals surface area contributed by atoms with Gasteiger partial charge in [0.15, 0.2) is 28.9 Å². The van der Waals surface area contributed by atoms with Crippen LogP contribution in [0.2, 0.25) is 0 Å². The normalized spacial score (nSPS) is 32.1. The van der Waals surface area contributed by atoms with Gasteiger partial charge in [-0.2, -0.15) is 4.98 Å². The van der Waals surface area contributed by atoms with Gasteiger partial charge < -0.3 is 45.7 Å². The Morgan fingerprint density at radius 2 is 1.89 bits per heavy atom. The summed E-state index contributed by atoms with van der Waals surface area (Å²) in [5.41, 5.74) is 10.3. The van der Waals surface area contributed by atoms with E-state index in [-0.39, 0.29) is 22.9 Å². The molecule has 2 aliphatic heterocycles. The maximum atomic E-state index is 12.3. The van der Waals surface area contributed by atoms with Crippen molar-refractivity contribution in [3.8, 4) is 0 Å². The Labute approximate surface area is 256 Å². The SMILES string of the molecule is CO[C@H]1[C@H](n2cnc3c(N)ncnc32)OC(C)(COP(O)(=S)O[C@@H]2[C@H](O)[C@@H](CO)S[C@H]2n2cnc3c(=O)[nH]c(N)nc32)[C@H]1O. The zero-order valence-electron chi connectivity index (χ0n) is 23.1. The summed E-state index contributed by atoms with van der Waals surface area (Å²) in [6.07, 6.45) is -1.69. The number of hydrogen-bond donors (Lipinski definition) is 7. The number of aromatic nitrogens is 8. The van der Waals surface area contributed by atoms with E-state index in [0.717, 1.165) is 11.8 Å². The standard InChI is InChI=1S/C22H29N10O9PS2/c1-22(14(35)13(38-2)19(40-22)31-6-27-9-15(23)25-5-26-16(9)31)4-39-42(37,43)41-12-11(34)8(3-33)44-20(12)32-7-28-10-17(32)29-21(24)30-18(10)36/h5-8,11-14,19-20,33-35H,3-4H2,1-2H3,(H,37,43)(H2,23,25,26)(H3,24,29,30,36)/t8-,11-,12-,13-,14+,19-,20-,22?,42?/m1/s1. The molecule has 0 spiro atoms. The molecular formula is C22H29N10O9PS2. The quantitative estimate of drug-likeness (QED) is 0.0983. The minimum absolute atomic E-state index is 0.0115. The summed E-state index contributed by atoms with van der Waals surface area (Å²) in [4.78, 5) is 46.4. The minimum Gasteiger partial charge on any atom is -0.395 e. The molecule has 0 aromatic carbocycles. The van der Waals surface area contributed by atoms with Crippen molar-refractivity contribution in [2.24, 2.45) is 0 Å². The topological polar surface area (TPSA) is 277 Å².